The van der Waals surface area contributed by atoms with Gasteiger partial charge in [-0.3, -0.25) is 0 Å². The minimum atomic E-state index is -4.75. The molecular formula is C30H28F5N8O2S-. The van der Waals surface area contributed by atoms with Gasteiger partial charge in [0.05, 0.1) is 16.9 Å². The van der Waals surface area contributed by atoms with Crippen LogP contribution in [0.2, 0.25) is 0 Å². The zero-order chi connectivity index (χ0) is 32.8. The van der Waals surface area contributed by atoms with E-state index in [1.807, 2.05) is 5.32 Å². The number of benzene rings is 3. The SMILES string of the molecule is N=[S-](=O)c1cccc(Nc2ncc(-c3ccc(NC(=O)Nc4cc(C(F)(F)F)ccc4F)c(F)c3)c(NCCN3CCCC3)n2)c1. The van der Waals surface area contributed by atoms with Gasteiger partial charge in [-0.25, -0.2) is 18.6 Å². The Morgan fingerprint density at radius 2 is 1.72 bits per heavy atom. The highest BCUT2D eigenvalue weighted by Gasteiger charge is 2.31. The second-order valence-corrected chi connectivity index (χ2v) is 11.3. The van der Waals surface area contributed by atoms with Crippen LogP contribution in [0, 0.1) is 16.4 Å². The molecule has 242 valence electrons. The number of halogens is 5. The summed E-state index contributed by atoms with van der Waals surface area (Å²) in [5.74, 6) is -1.39. The molecule has 10 nitrogen and oxygen atoms in total. The molecule has 0 saturated carbocycles. The highest BCUT2D eigenvalue weighted by molar-refractivity contribution is 7.73. The summed E-state index contributed by atoms with van der Waals surface area (Å²) in [5, 5.41) is 10.5. The Hall–Kier alpha value is -4.83. The number of likely N-dealkylation sites (tertiary alicyclic amines) is 1. The molecule has 1 saturated heterocycles. The van der Waals surface area contributed by atoms with Gasteiger partial charge in [-0.15, -0.1) is 0 Å². The molecule has 0 atom stereocenters. The topological polar surface area (TPSA) is 135 Å². The summed E-state index contributed by atoms with van der Waals surface area (Å²) in [4.78, 5) is 23.9. The summed E-state index contributed by atoms with van der Waals surface area (Å²) in [6.07, 6.45) is -1.02. The molecule has 16 heteroatoms. The van der Waals surface area contributed by atoms with Crippen LogP contribution < -0.4 is 21.3 Å². The zero-order valence-corrected chi connectivity index (χ0v) is 24.9. The number of nitrogens with zero attached hydrogens (tertiary/aromatic N) is 3. The molecular weight excluding hydrogens is 631 g/mol. The van der Waals surface area contributed by atoms with Crippen LogP contribution in [-0.2, 0) is 21.0 Å². The molecule has 46 heavy (non-hydrogen) atoms. The maximum absolute atomic E-state index is 15.2. The molecule has 1 aliphatic rings. The van der Waals surface area contributed by atoms with Gasteiger partial charge in [-0.1, -0.05) is 29.2 Å². The minimum Gasteiger partial charge on any atom is -0.440 e. The predicted octanol–water partition coefficient (Wildman–Crippen LogP) is 7.42. The van der Waals surface area contributed by atoms with Gasteiger partial charge in [0.25, 0.3) is 0 Å². The monoisotopic (exact) mass is 659 g/mol. The molecule has 3 aromatic carbocycles. The number of anilines is 5. The standard InChI is InChI=1S/C30H28F5N8O2S/c31-23-8-7-19(30(33,34)35)15-26(23)41-29(44)40-25-9-6-18(14-24(25)32)22-17-38-28(39-20-4-3-5-21(16-20)46(36)45)42-27(22)37-10-13-43-11-1-2-12-43/h3-9,14-17,36H,1-2,10-13H2,(H2,40,41,44)(H2,37,38,39,42)/q-1. The lowest BCUT2D eigenvalue weighted by Gasteiger charge is -2.18. The summed E-state index contributed by atoms with van der Waals surface area (Å²) in [6, 6.07) is 10.7. The summed E-state index contributed by atoms with van der Waals surface area (Å²) < 4.78 is 87.3. The highest BCUT2D eigenvalue weighted by Crippen LogP contribution is 2.33. The summed E-state index contributed by atoms with van der Waals surface area (Å²) in [7, 11) is -1.93. The van der Waals surface area contributed by atoms with Gasteiger partial charge in [-0.05, 0) is 67.9 Å². The van der Waals surface area contributed by atoms with E-state index in [9.17, 15) is 26.6 Å². The second-order valence-electron chi connectivity index (χ2n) is 10.3. The quantitative estimate of drug-likeness (QED) is 0.0883. The number of nitrogens with one attached hydrogen (secondary N) is 5. The summed E-state index contributed by atoms with van der Waals surface area (Å²) in [6.45, 7) is 3.27. The third-order valence-corrected chi connectivity index (χ3v) is 7.76. The first-order valence-corrected chi connectivity index (χ1v) is 15.2. The minimum absolute atomic E-state index is 0.192. The molecule has 0 radical (unpaired) electrons. The number of hydrogen-bond acceptors (Lipinski definition) is 9. The smallest absolute Gasteiger partial charge is 0.416 e. The van der Waals surface area contributed by atoms with Crippen molar-refractivity contribution in [3.8, 4) is 11.1 Å². The van der Waals surface area contributed by atoms with Crippen molar-refractivity contribution >= 4 is 45.5 Å². The lowest BCUT2D eigenvalue weighted by molar-refractivity contribution is -0.137. The van der Waals surface area contributed by atoms with Gasteiger partial charge >= 0.3 is 12.2 Å². The largest absolute Gasteiger partial charge is 0.440 e. The van der Waals surface area contributed by atoms with E-state index in [0.29, 0.717) is 52.3 Å². The Bertz CT molecular complexity index is 1800. The van der Waals surface area contributed by atoms with E-state index >= 15 is 4.39 Å². The van der Waals surface area contributed by atoms with Crippen LogP contribution in [0.15, 0.2) is 71.8 Å². The Balaban J connectivity index is 1.35. The van der Waals surface area contributed by atoms with Crippen molar-refractivity contribution in [3.63, 3.8) is 0 Å². The molecule has 5 N–H and O–H groups in total. The van der Waals surface area contributed by atoms with Gasteiger partial charge in [0.15, 0.2) is 0 Å². The molecule has 0 bridgehead atoms. The molecule has 1 aliphatic heterocycles. The van der Waals surface area contributed by atoms with Gasteiger partial charge in [0.2, 0.25) is 5.95 Å². The van der Waals surface area contributed by atoms with Crippen molar-refractivity contribution < 1.29 is 31.0 Å². The van der Waals surface area contributed by atoms with Crippen molar-refractivity contribution in [1.82, 2.24) is 14.9 Å². The van der Waals surface area contributed by atoms with Crippen LogP contribution in [-0.4, -0.2) is 47.1 Å². The summed E-state index contributed by atoms with van der Waals surface area (Å²) in [5.41, 5.74) is -0.879. The van der Waals surface area contributed by atoms with Crippen molar-refractivity contribution in [2.24, 2.45) is 0 Å². The van der Waals surface area contributed by atoms with Crippen LogP contribution >= 0.6 is 0 Å². The number of carbonyl (C=O) groups excluding carboxylic acids is 1. The van der Waals surface area contributed by atoms with Crippen LogP contribution in [0.3, 0.4) is 0 Å². The van der Waals surface area contributed by atoms with Crippen molar-refractivity contribution in [1.29, 1.82) is 4.78 Å². The zero-order valence-electron chi connectivity index (χ0n) is 24.0. The Morgan fingerprint density at radius 3 is 2.43 bits per heavy atom. The average Bonchev–Trinajstić information content (AvgIpc) is 3.53. The molecule has 1 fully saturated rings. The lowest BCUT2D eigenvalue weighted by Crippen LogP contribution is -2.26. The number of rotatable bonds is 10. The van der Waals surface area contributed by atoms with E-state index in [1.54, 1.807) is 24.3 Å². The van der Waals surface area contributed by atoms with Gasteiger partial charge in [-0.2, -0.15) is 28.8 Å². The molecule has 1 aromatic heterocycles. The van der Waals surface area contributed by atoms with Crippen molar-refractivity contribution in [2.75, 3.05) is 47.4 Å². The second kappa shape index (κ2) is 14.1. The molecule has 2 heterocycles. The van der Waals surface area contributed by atoms with E-state index in [0.717, 1.165) is 38.5 Å². The number of urea groups is 1. The number of aromatic nitrogens is 2. The Morgan fingerprint density at radius 1 is 0.957 bits per heavy atom. The Kier molecular flexibility index (Phi) is 9.96. The first-order valence-electron chi connectivity index (χ1n) is 14.0. The number of amides is 2. The van der Waals surface area contributed by atoms with Gasteiger partial charge in [0, 0.05) is 30.5 Å². The molecule has 0 aliphatic carbocycles. The fourth-order valence-electron chi connectivity index (χ4n) is 4.80. The normalized spacial score (nSPS) is 13.5. The van der Waals surface area contributed by atoms with E-state index in [-0.39, 0.29) is 11.6 Å². The van der Waals surface area contributed by atoms with Crippen molar-refractivity contribution in [2.45, 2.75) is 23.9 Å². The Labute approximate surface area is 262 Å². The number of alkyl halides is 3. The van der Waals surface area contributed by atoms with Gasteiger partial charge in [0.1, 0.15) is 17.5 Å². The fraction of sp³-hybridized carbons (Fsp3) is 0.233. The maximum atomic E-state index is 15.2. The molecule has 4 aromatic rings. The third kappa shape index (κ3) is 8.25. The van der Waals surface area contributed by atoms with Gasteiger partial charge < -0.3 is 35.2 Å². The number of hydrogen-bond donors (Lipinski definition) is 5. The van der Waals surface area contributed by atoms with E-state index in [4.69, 9.17) is 4.78 Å². The van der Waals surface area contributed by atoms with E-state index in [1.165, 1.54) is 18.3 Å². The van der Waals surface area contributed by atoms with Crippen molar-refractivity contribution in [3.05, 3.63) is 84.1 Å². The predicted molar refractivity (Wildman–Crippen MR) is 164 cm³/mol. The third-order valence-electron chi connectivity index (χ3n) is 7.08. The lowest BCUT2D eigenvalue weighted by atomic mass is 10.1. The first-order chi connectivity index (χ1) is 22.0. The molecule has 5 rings (SSSR count). The molecule has 2 amide bonds. The average molecular weight is 660 g/mol. The van der Waals surface area contributed by atoms with Crippen LogP contribution in [0.5, 0.6) is 0 Å². The first kappa shape index (κ1) is 32.6. The van der Waals surface area contributed by atoms with Crippen LogP contribution in [0.25, 0.3) is 11.1 Å². The van der Waals surface area contributed by atoms with Crippen LogP contribution in [0.1, 0.15) is 18.4 Å². The van der Waals surface area contributed by atoms with E-state index < -0.39 is 45.7 Å². The fourth-order valence-corrected chi connectivity index (χ4v) is 5.24. The van der Waals surface area contributed by atoms with E-state index in [2.05, 4.69) is 30.8 Å². The molecule has 0 spiro atoms. The number of carbonyl (C=O) groups is 1. The van der Waals surface area contributed by atoms with Crippen LogP contribution in [0.4, 0.5) is 55.6 Å². The highest BCUT2D eigenvalue weighted by atomic mass is 32.2. The molecule has 0 unspecified atom stereocenters. The maximum Gasteiger partial charge on any atom is 0.416 e. The summed E-state index contributed by atoms with van der Waals surface area (Å²) >= 11 is 0.